The van der Waals surface area contributed by atoms with E-state index in [2.05, 4.69) is 49.5 Å². The van der Waals surface area contributed by atoms with Crippen molar-refractivity contribution in [1.82, 2.24) is 39.1 Å². The molecule has 0 saturated heterocycles. The third kappa shape index (κ3) is 3.27. The lowest BCUT2D eigenvalue weighted by Gasteiger charge is -2.62. The molecule has 3 fully saturated rings. The molecule has 3 aliphatic rings. The fraction of sp³-hybridized carbons (Fsp3) is 0.360. The highest BCUT2D eigenvalue weighted by Crippen LogP contribution is 2.63. The zero-order valence-corrected chi connectivity index (χ0v) is 19.1. The first kappa shape index (κ1) is 19.7. The molecule has 0 unspecified atom stereocenters. The zero-order chi connectivity index (χ0) is 22.7. The quantitative estimate of drug-likeness (QED) is 0.388. The number of hydrogen-bond acceptors (Lipinski definition) is 6. The Morgan fingerprint density at radius 1 is 1.12 bits per heavy atom. The molecule has 0 radical (unpaired) electrons. The summed E-state index contributed by atoms with van der Waals surface area (Å²) >= 11 is 0. The Bertz CT molecular complexity index is 1490. The van der Waals surface area contributed by atoms with Crippen LogP contribution in [0, 0.1) is 11.3 Å². The summed E-state index contributed by atoms with van der Waals surface area (Å²) in [5.41, 5.74) is 6.43. The van der Waals surface area contributed by atoms with Crippen LogP contribution in [0.5, 0.6) is 5.75 Å². The average molecular weight is 455 g/mol. The summed E-state index contributed by atoms with van der Waals surface area (Å²) in [4.78, 5) is 9.01. The summed E-state index contributed by atoms with van der Waals surface area (Å²) < 4.78 is 11.3. The van der Waals surface area contributed by atoms with E-state index in [4.69, 9.17) is 9.72 Å². The number of nitrogens with one attached hydrogen (secondary N) is 1. The number of aromatic nitrogens is 7. The maximum absolute atomic E-state index is 5.43. The van der Waals surface area contributed by atoms with Crippen molar-refractivity contribution >= 4 is 11.2 Å². The van der Waals surface area contributed by atoms with Crippen molar-refractivity contribution in [3.8, 4) is 17.0 Å². The van der Waals surface area contributed by atoms with Crippen LogP contribution in [0.25, 0.3) is 22.4 Å². The third-order valence-electron chi connectivity index (χ3n) is 7.43. The van der Waals surface area contributed by atoms with Gasteiger partial charge < -0.3 is 18.9 Å². The second kappa shape index (κ2) is 7.39. The lowest BCUT2D eigenvalue weighted by molar-refractivity contribution is -0.103. The summed E-state index contributed by atoms with van der Waals surface area (Å²) in [5, 5.41) is 12.4. The Hall–Kier alpha value is -3.72. The van der Waals surface area contributed by atoms with Crippen molar-refractivity contribution < 1.29 is 4.74 Å². The molecule has 9 heteroatoms. The van der Waals surface area contributed by atoms with Gasteiger partial charge in [-0.1, -0.05) is 11.3 Å². The Kier molecular flexibility index (Phi) is 4.29. The number of methoxy groups -OCH3 is 1. The number of hydrogen-bond donors (Lipinski definition) is 1. The van der Waals surface area contributed by atoms with Gasteiger partial charge in [-0.05, 0) is 48.3 Å². The standard InChI is InChI=1S/C25H26N8O/c1-34-20-4-21(23-9-27-16-32(23)13-20)22-14-33(30-29-22)12-19-11-31-10-17(2-3-24(31)28-19)8-26-15-25-5-18(6-25)7-25/h2-4,9-11,13-14,16,18,26H,5-8,12,15H2,1H3. The molecule has 0 spiro atoms. The molecule has 8 rings (SSSR count). The molecular weight excluding hydrogens is 428 g/mol. The molecule has 0 aromatic carbocycles. The lowest BCUT2D eigenvalue weighted by Crippen LogP contribution is -2.56. The minimum Gasteiger partial charge on any atom is -0.495 e. The van der Waals surface area contributed by atoms with E-state index in [9.17, 15) is 0 Å². The van der Waals surface area contributed by atoms with Crippen molar-refractivity contribution in [1.29, 1.82) is 0 Å². The lowest BCUT2D eigenvalue weighted by atomic mass is 9.44. The summed E-state index contributed by atoms with van der Waals surface area (Å²) in [6.07, 6.45) is 15.9. The van der Waals surface area contributed by atoms with E-state index < -0.39 is 0 Å². The molecule has 5 aromatic heterocycles. The molecule has 5 heterocycles. The third-order valence-corrected chi connectivity index (χ3v) is 7.43. The van der Waals surface area contributed by atoms with Gasteiger partial charge in [-0.2, -0.15) is 0 Å². The summed E-state index contributed by atoms with van der Waals surface area (Å²) in [6, 6.07) is 6.20. The topological polar surface area (TPSA) is 86.6 Å². The SMILES string of the molecule is COc1cc(-c2cn(Cc3cn4cc(CNCC56CC(C5)C6)ccc4n3)nn2)c2cncn2c1. The molecule has 1 N–H and O–H groups in total. The Morgan fingerprint density at radius 3 is 2.85 bits per heavy atom. The van der Waals surface area contributed by atoms with Gasteiger partial charge in [0.25, 0.3) is 0 Å². The summed E-state index contributed by atoms with van der Waals surface area (Å²) in [5.74, 6) is 1.77. The fourth-order valence-corrected chi connectivity index (χ4v) is 5.61. The Morgan fingerprint density at radius 2 is 2.03 bits per heavy atom. The Labute approximate surface area is 196 Å². The molecule has 0 atom stereocenters. The van der Waals surface area contributed by atoms with Crippen LogP contribution in [0.3, 0.4) is 0 Å². The first-order valence-corrected chi connectivity index (χ1v) is 11.7. The molecule has 34 heavy (non-hydrogen) atoms. The van der Waals surface area contributed by atoms with E-state index in [-0.39, 0.29) is 0 Å². The predicted molar refractivity (Wildman–Crippen MR) is 127 cm³/mol. The predicted octanol–water partition coefficient (Wildman–Crippen LogP) is 3.19. The van der Waals surface area contributed by atoms with Crippen molar-refractivity contribution in [2.75, 3.05) is 13.7 Å². The zero-order valence-electron chi connectivity index (χ0n) is 19.1. The second-order valence-corrected chi connectivity index (χ2v) is 9.90. The van der Waals surface area contributed by atoms with Crippen LogP contribution in [0.15, 0.2) is 55.5 Å². The van der Waals surface area contributed by atoms with Crippen LogP contribution in [-0.4, -0.2) is 47.4 Å². The first-order valence-electron chi connectivity index (χ1n) is 11.7. The summed E-state index contributed by atoms with van der Waals surface area (Å²) in [6.45, 7) is 2.58. The van der Waals surface area contributed by atoms with Crippen molar-refractivity contribution in [2.24, 2.45) is 11.3 Å². The van der Waals surface area contributed by atoms with Gasteiger partial charge in [-0.15, -0.1) is 5.10 Å². The van der Waals surface area contributed by atoms with Crippen molar-refractivity contribution in [3.05, 3.63) is 66.8 Å². The van der Waals surface area contributed by atoms with Crippen LogP contribution in [-0.2, 0) is 13.1 Å². The van der Waals surface area contributed by atoms with Gasteiger partial charge in [0.2, 0.25) is 0 Å². The largest absolute Gasteiger partial charge is 0.495 e. The van der Waals surface area contributed by atoms with E-state index in [1.165, 1.54) is 24.8 Å². The molecular formula is C25H26N8O. The van der Waals surface area contributed by atoms with Gasteiger partial charge in [0, 0.05) is 31.0 Å². The number of pyridine rings is 2. The van der Waals surface area contributed by atoms with Crippen LogP contribution in [0.1, 0.15) is 30.5 Å². The molecule has 5 aromatic rings. The second-order valence-electron chi connectivity index (χ2n) is 9.90. The highest BCUT2D eigenvalue weighted by molar-refractivity contribution is 5.78. The van der Waals surface area contributed by atoms with Gasteiger partial charge in [0.1, 0.15) is 17.1 Å². The minimum atomic E-state index is 0.547. The van der Waals surface area contributed by atoms with Gasteiger partial charge in [0.15, 0.2) is 0 Å². The minimum absolute atomic E-state index is 0.547. The normalized spacial score (nSPS) is 21.0. The van der Waals surface area contributed by atoms with Crippen molar-refractivity contribution in [3.63, 3.8) is 0 Å². The van der Waals surface area contributed by atoms with E-state index >= 15 is 0 Å². The van der Waals surface area contributed by atoms with E-state index in [1.54, 1.807) is 13.4 Å². The number of nitrogens with zero attached hydrogens (tertiary/aromatic N) is 7. The fourth-order valence-electron chi connectivity index (χ4n) is 5.61. The molecule has 3 saturated carbocycles. The maximum atomic E-state index is 5.43. The molecule has 172 valence electrons. The smallest absolute Gasteiger partial charge is 0.137 e. The van der Waals surface area contributed by atoms with Crippen molar-refractivity contribution in [2.45, 2.75) is 32.4 Å². The van der Waals surface area contributed by atoms with Gasteiger partial charge in [0.05, 0.1) is 49.8 Å². The highest BCUT2D eigenvalue weighted by Gasteiger charge is 2.55. The van der Waals surface area contributed by atoms with E-state index in [0.717, 1.165) is 52.9 Å². The van der Waals surface area contributed by atoms with Crippen LogP contribution < -0.4 is 10.1 Å². The first-order chi connectivity index (χ1) is 16.7. The number of rotatable bonds is 8. The Balaban J connectivity index is 1.08. The van der Waals surface area contributed by atoms with Gasteiger partial charge in [-0.3, -0.25) is 0 Å². The van der Waals surface area contributed by atoms with Crippen LogP contribution >= 0.6 is 0 Å². The number of fused-ring (bicyclic) bond motifs is 2. The monoisotopic (exact) mass is 454 g/mol. The molecule has 0 amide bonds. The number of imidazole rings is 2. The van der Waals surface area contributed by atoms with Gasteiger partial charge in [-0.25, -0.2) is 14.6 Å². The summed E-state index contributed by atoms with van der Waals surface area (Å²) in [7, 11) is 1.65. The molecule has 3 aliphatic carbocycles. The van der Waals surface area contributed by atoms with E-state index in [0.29, 0.717) is 12.0 Å². The molecule has 0 aliphatic heterocycles. The van der Waals surface area contributed by atoms with Gasteiger partial charge >= 0.3 is 0 Å². The van der Waals surface area contributed by atoms with Crippen LogP contribution in [0.2, 0.25) is 0 Å². The highest BCUT2D eigenvalue weighted by atomic mass is 16.5. The average Bonchev–Trinajstić information content (AvgIpc) is 3.52. The van der Waals surface area contributed by atoms with Crippen LogP contribution in [0.4, 0.5) is 0 Å². The molecule has 9 nitrogen and oxygen atoms in total. The maximum Gasteiger partial charge on any atom is 0.137 e. The van der Waals surface area contributed by atoms with E-state index in [1.807, 2.05) is 33.7 Å². The number of ether oxygens (including phenoxy) is 1. The molecule has 2 bridgehead atoms.